The molecule has 0 bridgehead atoms. The maximum atomic E-state index is 12.7. The smallest absolute Gasteiger partial charge is 0.317 e. The average Bonchev–Trinajstić information content (AvgIpc) is 3.13. The van der Waals surface area contributed by atoms with Crippen LogP contribution in [0.1, 0.15) is 12.0 Å². The Kier molecular flexibility index (Phi) is 5.15. The van der Waals surface area contributed by atoms with E-state index in [2.05, 4.69) is 4.99 Å². The maximum Gasteiger partial charge on any atom is 0.317 e. The Hall–Kier alpha value is -2.71. The lowest BCUT2D eigenvalue weighted by Crippen LogP contribution is -2.43. The van der Waals surface area contributed by atoms with Gasteiger partial charge in [0.15, 0.2) is 16.7 Å². The van der Waals surface area contributed by atoms with Crippen LogP contribution in [0.25, 0.3) is 0 Å². The SMILES string of the molecule is O=C(O)C1CC(=O)N(Cc2ccc3c(c2)OCO3)C(=Nc2ccc(Cl)cc2)S1. The molecule has 1 unspecified atom stereocenters. The van der Waals surface area contributed by atoms with Crippen LogP contribution in [0, 0.1) is 0 Å². The monoisotopic (exact) mass is 418 g/mol. The van der Waals surface area contributed by atoms with Gasteiger partial charge < -0.3 is 14.6 Å². The fraction of sp³-hybridized carbons (Fsp3) is 0.211. The van der Waals surface area contributed by atoms with E-state index < -0.39 is 11.2 Å². The van der Waals surface area contributed by atoms with Crippen LogP contribution in [0.2, 0.25) is 5.02 Å². The molecule has 7 nitrogen and oxygen atoms in total. The number of hydrogen-bond acceptors (Lipinski definition) is 6. The van der Waals surface area contributed by atoms with Crippen LogP contribution in [-0.2, 0) is 16.1 Å². The zero-order chi connectivity index (χ0) is 19.7. The summed E-state index contributed by atoms with van der Waals surface area (Å²) >= 11 is 6.97. The molecule has 1 fully saturated rings. The average molecular weight is 419 g/mol. The third kappa shape index (κ3) is 3.93. The Morgan fingerprint density at radius 1 is 1.21 bits per heavy atom. The number of carbonyl (C=O) groups is 2. The number of thioether (sulfide) groups is 1. The predicted octanol–water partition coefficient (Wildman–Crippen LogP) is 3.68. The van der Waals surface area contributed by atoms with Crippen molar-refractivity contribution < 1.29 is 24.2 Å². The summed E-state index contributed by atoms with van der Waals surface area (Å²) in [5, 5.41) is 9.40. The molecule has 1 amide bonds. The first-order valence-electron chi connectivity index (χ1n) is 8.42. The molecular weight excluding hydrogens is 404 g/mol. The van der Waals surface area contributed by atoms with Gasteiger partial charge in [-0.1, -0.05) is 29.4 Å². The molecule has 0 radical (unpaired) electrons. The number of fused-ring (bicyclic) bond motifs is 1. The number of aliphatic imine (C=N–C) groups is 1. The number of benzene rings is 2. The largest absolute Gasteiger partial charge is 0.480 e. The first-order chi connectivity index (χ1) is 13.5. The molecule has 1 atom stereocenters. The first-order valence-corrected chi connectivity index (χ1v) is 9.68. The van der Waals surface area contributed by atoms with E-state index in [9.17, 15) is 14.7 Å². The Bertz CT molecular complexity index is 963. The Labute approximate surface area is 169 Å². The van der Waals surface area contributed by atoms with Gasteiger partial charge in [-0.25, -0.2) is 4.99 Å². The Balaban J connectivity index is 1.64. The van der Waals surface area contributed by atoms with Crippen molar-refractivity contribution in [1.82, 2.24) is 4.90 Å². The Morgan fingerprint density at radius 2 is 1.96 bits per heavy atom. The summed E-state index contributed by atoms with van der Waals surface area (Å²) in [4.78, 5) is 30.1. The van der Waals surface area contributed by atoms with Gasteiger partial charge in [0.05, 0.1) is 18.7 Å². The fourth-order valence-electron chi connectivity index (χ4n) is 2.84. The van der Waals surface area contributed by atoms with Crippen molar-refractivity contribution in [2.45, 2.75) is 18.2 Å². The zero-order valence-electron chi connectivity index (χ0n) is 14.5. The van der Waals surface area contributed by atoms with Crippen LogP contribution in [0.4, 0.5) is 5.69 Å². The zero-order valence-corrected chi connectivity index (χ0v) is 16.1. The number of halogens is 1. The highest BCUT2D eigenvalue weighted by atomic mass is 35.5. The minimum atomic E-state index is -1.04. The third-order valence-electron chi connectivity index (χ3n) is 4.24. The van der Waals surface area contributed by atoms with E-state index in [1.54, 1.807) is 30.3 Å². The van der Waals surface area contributed by atoms with Gasteiger partial charge in [0.1, 0.15) is 5.25 Å². The lowest BCUT2D eigenvalue weighted by molar-refractivity contribution is -0.139. The van der Waals surface area contributed by atoms with Crippen LogP contribution in [0.3, 0.4) is 0 Å². The molecular formula is C19H15ClN2O5S. The van der Waals surface area contributed by atoms with Crippen molar-refractivity contribution in [2.24, 2.45) is 4.99 Å². The summed E-state index contributed by atoms with van der Waals surface area (Å²) in [5.74, 6) is -0.0558. The highest BCUT2D eigenvalue weighted by molar-refractivity contribution is 8.15. The second kappa shape index (κ2) is 7.73. The summed E-state index contributed by atoms with van der Waals surface area (Å²) < 4.78 is 10.7. The number of rotatable bonds is 4. The molecule has 1 N–H and O–H groups in total. The minimum absolute atomic E-state index is 0.0931. The second-order valence-corrected chi connectivity index (χ2v) is 7.79. The van der Waals surface area contributed by atoms with Crippen LogP contribution in [-0.4, -0.2) is 39.1 Å². The van der Waals surface area contributed by atoms with Crippen molar-refractivity contribution in [2.75, 3.05) is 6.79 Å². The second-order valence-electron chi connectivity index (χ2n) is 6.19. The van der Waals surface area contributed by atoms with E-state index in [0.717, 1.165) is 17.3 Å². The molecule has 0 aromatic heterocycles. The molecule has 2 aromatic carbocycles. The van der Waals surface area contributed by atoms with E-state index in [1.807, 2.05) is 12.1 Å². The molecule has 144 valence electrons. The summed E-state index contributed by atoms with van der Waals surface area (Å²) in [7, 11) is 0. The lowest BCUT2D eigenvalue weighted by Gasteiger charge is -2.30. The van der Waals surface area contributed by atoms with E-state index in [4.69, 9.17) is 21.1 Å². The molecule has 0 saturated carbocycles. The van der Waals surface area contributed by atoms with E-state index >= 15 is 0 Å². The number of aliphatic carboxylic acids is 1. The molecule has 2 aromatic rings. The number of amides is 1. The molecule has 9 heteroatoms. The molecule has 28 heavy (non-hydrogen) atoms. The first kappa shape index (κ1) is 18.6. The molecule has 4 rings (SSSR count). The fourth-order valence-corrected chi connectivity index (χ4v) is 4.00. The van der Waals surface area contributed by atoms with Crippen molar-refractivity contribution in [3.8, 4) is 11.5 Å². The van der Waals surface area contributed by atoms with Gasteiger partial charge in [-0.2, -0.15) is 0 Å². The number of nitrogens with zero attached hydrogens (tertiary/aromatic N) is 2. The predicted molar refractivity (Wildman–Crippen MR) is 105 cm³/mol. The van der Waals surface area contributed by atoms with E-state index in [-0.39, 0.29) is 25.7 Å². The number of carboxylic acid groups (broad SMARTS) is 1. The van der Waals surface area contributed by atoms with Crippen molar-refractivity contribution in [3.05, 3.63) is 53.1 Å². The summed E-state index contributed by atoms with van der Waals surface area (Å²) in [6, 6.07) is 12.2. The molecule has 2 heterocycles. The topological polar surface area (TPSA) is 88.4 Å². The highest BCUT2D eigenvalue weighted by Gasteiger charge is 2.36. The third-order valence-corrected chi connectivity index (χ3v) is 5.67. The van der Waals surface area contributed by atoms with Crippen LogP contribution >= 0.6 is 23.4 Å². The number of hydrogen-bond donors (Lipinski definition) is 1. The number of ether oxygens (including phenoxy) is 2. The van der Waals surface area contributed by atoms with Crippen molar-refractivity contribution in [1.29, 1.82) is 0 Å². The minimum Gasteiger partial charge on any atom is -0.480 e. The lowest BCUT2D eigenvalue weighted by atomic mass is 10.1. The van der Waals surface area contributed by atoms with Gasteiger partial charge in [-0.3, -0.25) is 14.5 Å². The normalized spacial score (nSPS) is 19.9. The molecule has 1 saturated heterocycles. The molecule has 0 aliphatic carbocycles. The highest BCUT2D eigenvalue weighted by Crippen LogP contribution is 2.35. The number of carboxylic acids is 1. The van der Waals surface area contributed by atoms with Crippen LogP contribution in [0.5, 0.6) is 11.5 Å². The summed E-state index contributed by atoms with van der Waals surface area (Å²) in [6.07, 6.45) is -0.0931. The standard InChI is InChI=1S/C19H15ClN2O5S/c20-12-2-4-13(5-3-12)21-19-22(17(23)8-16(28-19)18(24)25)9-11-1-6-14-15(7-11)27-10-26-14/h1-7,16H,8-10H2,(H,24,25). The van der Waals surface area contributed by atoms with Gasteiger partial charge in [0.2, 0.25) is 12.7 Å². The van der Waals surface area contributed by atoms with E-state index in [1.165, 1.54) is 4.90 Å². The number of amidine groups is 1. The van der Waals surface area contributed by atoms with E-state index in [0.29, 0.717) is 27.4 Å². The summed E-state index contributed by atoms with van der Waals surface area (Å²) in [5.41, 5.74) is 1.41. The van der Waals surface area contributed by atoms with Gasteiger partial charge >= 0.3 is 5.97 Å². The molecule has 0 spiro atoms. The maximum absolute atomic E-state index is 12.7. The van der Waals surface area contributed by atoms with Crippen molar-refractivity contribution in [3.63, 3.8) is 0 Å². The summed E-state index contributed by atoms with van der Waals surface area (Å²) in [6.45, 7) is 0.419. The molecule has 2 aliphatic rings. The van der Waals surface area contributed by atoms with Gasteiger partial charge in [0, 0.05) is 5.02 Å². The van der Waals surface area contributed by atoms with Gasteiger partial charge in [-0.05, 0) is 42.0 Å². The molecule has 2 aliphatic heterocycles. The van der Waals surface area contributed by atoms with Crippen molar-refractivity contribution >= 4 is 46.1 Å². The Morgan fingerprint density at radius 3 is 2.71 bits per heavy atom. The van der Waals surface area contributed by atoms with Crippen LogP contribution in [0.15, 0.2) is 47.5 Å². The van der Waals surface area contributed by atoms with Gasteiger partial charge in [0.25, 0.3) is 0 Å². The number of carbonyl (C=O) groups excluding carboxylic acids is 1. The van der Waals surface area contributed by atoms with Crippen LogP contribution < -0.4 is 9.47 Å². The quantitative estimate of drug-likeness (QED) is 0.814. The van der Waals surface area contributed by atoms with Gasteiger partial charge in [-0.15, -0.1) is 0 Å².